The summed E-state index contributed by atoms with van der Waals surface area (Å²) in [6.07, 6.45) is -1.99. The molecule has 7 nitrogen and oxygen atoms in total. The van der Waals surface area contributed by atoms with Crippen LogP contribution in [0.4, 0.5) is 26.3 Å². The normalized spacial score (nSPS) is 19.8. The summed E-state index contributed by atoms with van der Waals surface area (Å²) in [5, 5.41) is 12.6. The van der Waals surface area contributed by atoms with Crippen molar-refractivity contribution in [1.82, 2.24) is 14.8 Å². The van der Waals surface area contributed by atoms with Crippen molar-refractivity contribution < 1.29 is 41.0 Å². The maximum absolute atomic E-state index is 13.9. The van der Waals surface area contributed by atoms with Crippen molar-refractivity contribution in [2.24, 2.45) is 0 Å². The van der Waals surface area contributed by atoms with Gasteiger partial charge in [0.15, 0.2) is 11.4 Å². The Bertz CT molecular complexity index is 1240. The number of aromatic nitrogens is 1. The number of carbonyl (C=O) groups is 2. The molecule has 2 amide bonds. The lowest BCUT2D eigenvalue weighted by Crippen LogP contribution is -2.55. The molecule has 0 bridgehead atoms. The molecule has 1 fully saturated rings. The molecule has 0 radical (unpaired) electrons. The van der Waals surface area contributed by atoms with E-state index in [0.717, 1.165) is 10.8 Å². The maximum Gasteiger partial charge on any atom is 0.406 e. The Hall–Kier alpha value is -3.51. The van der Waals surface area contributed by atoms with Gasteiger partial charge in [-0.2, -0.15) is 13.2 Å². The van der Waals surface area contributed by atoms with Gasteiger partial charge >= 0.3 is 6.18 Å². The van der Waals surface area contributed by atoms with Crippen LogP contribution in [0.15, 0.2) is 23.1 Å². The predicted molar refractivity (Wildman–Crippen MR) is 108 cm³/mol. The first-order chi connectivity index (χ1) is 16.4. The summed E-state index contributed by atoms with van der Waals surface area (Å²) in [5.74, 6) is -7.25. The number of hydrogen-bond acceptors (Lipinski definition) is 4. The monoisotopic (exact) mass is 503 g/mol. The molecule has 2 N–H and O–H groups in total. The average molecular weight is 503 g/mol. The highest BCUT2D eigenvalue weighted by molar-refractivity contribution is 5.99. The number of rotatable bonds is 4. The van der Waals surface area contributed by atoms with E-state index < -0.39 is 88.6 Å². The molecule has 2 aromatic rings. The number of halogens is 6. The Morgan fingerprint density at radius 3 is 2.26 bits per heavy atom. The molecule has 0 spiro atoms. The first kappa shape index (κ1) is 24.6. The van der Waals surface area contributed by atoms with Crippen molar-refractivity contribution in [3.63, 3.8) is 0 Å². The van der Waals surface area contributed by atoms with Crippen LogP contribution in [-0.2, 0) is 6.54 Å². The molecule has 35 heavy (non-hydrogen) atoms. The van der Waals surface area contributed by atoms with Crippen molar-refractivity contribution in [3.05, 3.63) is 62.8 Å². The van der Waals surface area contributed by atoms with Crippen LogP contribution in [0.25, 0.3) is 0 Å². The van der Waals surface area contributed by atoms with Crippen LogP contribution in [0.2, 0.25) is 0 Å². The number of hydrogen-bond donors (Lipinski definition) is 2. The molecule has 1 aliphatic carbocycles. The van der Waals surface area contributed by atoms with Crippen LogP contribution in [0.1, 0.15) is 58.1 Å². The highest BCUT2D eigenvalue weighted by Crippen LogP contribution is 2.40. The second-order valence-electron chi connectivity index (χ2n) is 8.47. The summed E-state index contributed by atoms with van der Waals surface area (Å²) in [6, 6.07) is -0.786. The molecule has 1 aromatic carbocycles. The third-order valence-corrected chi connectivity index (χ3v) is 6.25. The molecule has 4 rings (SSSR count). The lowest BCUT2D eigenvalue weighted by Gasteiger charge is -2.46. The molecular formula is C22H19F6N3O4. The van der Waals surface area contributed by atoms with Gasteiger partial charge in [-0.3, -0.25) is 14.4 Å². The van der Waals surface area contributed by atoms with Gasteiger partial charge in [-0.05, 0) is 12.8 Å². The highest BCUT2D eigenvalue weighted by Gasteiger charge is 2.46. The molecule has 1 aliphatic heterocycles. The summed E-state index contributed by atoms with van der Waals surface area (Å²) < 4.78 is 81.4. The van der Waals surface area contributed by atoms with E-state index in [0.29, 0.717) is 36.3 Å². The van der Waals surface area contributed by atoms with Gasteiger partial charge in [0.25, 0.3) is 11.8 Å². The SMILES string of the molecule is O=C(NCc1c(F)cc(F)cc1F)c1cn2c(c(O)c1=O)C(=O)N(CC(F)(F)F)[C@@H]1CCCCC12. The number of fused-ring (bicyclic) bond motifs is 3. The zero-order chi connectivity index (χ0) is 25.7. The van der Waals surface area contributed by atoms with Gasteiger partial charge in [-0.15, -0.1) is 0 Å². The molecule has 13 heteroatoms. The number of amides is 2. The minimum Gasteiger partial charge on any atom is -0.503 e. The molecule has 1 unspecified atom stereocenters. The van der Waals surface area contributed by atoms with E-state index in [1.807, 2.05) is 0 Å². The smallest absolute Gasteiger partial charge is 0.406 e. The number of pyridine rings is 1. The van der Waals surface area contributed by atoms with E-state index >= 15 is 0 Å². The topological polar surface area (TPSA) is 91.6 Å². The summed E-state index contributed by atoms with van der Waals surface area (Å²) in [6.45, 7) is -2.32. The molecule has 2 aliphatic rings. The number of alkyl halides is 3. The quantitative estimate of drug-likeness (QED) is 0.626. The zero-order valence-electron chi connectivity index (χ0n) is 18.0. The minimum absolute atomic E-state index is 0.253. The molecule has 188 valence electrons. The van der Waals surface area contributed by atoms with Gasteiger partial charge in [0.2, 0.25) is 5.43 Å². The standard InChI is InChI=1S/C22H19F6N3O4/c23-10-5-13(24)11(14(25)6-10)7-29-20(34)12-8-30-15-3-1-2-4-16(15)31(9-22(26,27)28)21(35)17(30)19(33)18(12)32/h5-6,8,15-16,33H,1-4,7,9H2,(H,29,34)/t15?,16-/m1/s1. The Labute approximate surface area is 194 Å². The summed E-state index contributed by atoms with van der Waals surface area (Å²) in [5.41, 5.74) is -3.33. The molecule has 2 atom stereocenters. The maximum atomic E-state index is 13.9. The lowest BCUT2D eigenvalue weighted by atomic mass is 9.86. The number of aromatic hydroxyl groups is 1. The van der Waals surface area contributed by atoms with Crippen LogP contribution >= 0.6 is 0 Å². The predicted octanol–water partition coefficient (Wildman–Crippen LogP) is 3.40. The Kier molecular flexibility index (Phi) is 6.28. The van der Waals surface area contributed by atoms with Gasteiger partial charge in [-0.1, -0.05) is 12.8 Å². The van der Waals surface area contributed by atoms with Gasteiger partial charge in [0, 0.05) is 30.4 Å². The van der Waals surface area contributed by atoms with Crippen LogP contribution < -0.4 is 10.7 Å². The summed E-state index contributed by atoms with van der Waals surface area (Å²) in [7, 11) is 0. The van der Waals surface area contributed by atoms with Gasteiger partial charge < -0.3 is 19.9 Å². The van der Waals surface area contributed by atoms with Crippen molar-refractivity contribution in [2.75, 3.05) is 6.54 Å². The van der Waals surface area contributed by atoms with Crippen LogP contribution in [0.5, 0.6) is 5.75 Å². The first-order valence-corrected chi connectivity index (χ1v) is 10.7. The first-order valence-electron chi connectivity index (χ1n) is 10.7. The average Bonchev–Trinajstić information content (AvgIpc) is 2.76. The van der Waals surface area contributed by atoms with Gasteiger partial charge in [0.1, 0.15) is 29.6 Å². The van der Waals surface area contributed by atoms with E-state index in [1.165, 1.54) is 0 Å². The van der Waals surface area contributed by atoms with Crippen molar-refractivity contribution >= 4 is 11.8 Å². The van der Waals surface area contributed by atoms with Crippen molar-refractivity contribution in [1.29, 1.82) is 0 Å². The molecule has 1 saturated carbocycles. The molecular weight excluding hydrogens is 484 g/mol. The third-order valence-electron chi connectivity index (χ3n) is 6.25. The second-order valence-corrected chi connectivity index (χ2v) is 8.47. The van der Waals surface area contributed by atoms with E-state index in [2.05, 4.69) is 5.32 Å². The van der Waals surface area contributed by atoms with E-state index in [-0.39, 0.29) is 6.42 Å². The minimum atomic E-state index is -4.71. The zero-order valence-corrected chi connectivity index (χ0v) is 18.0. The molecule has 0 saturated heterocycles. The fraction of sp³-hybridized carbons (Fsp3) is 0.409. The van der Waals surface area contributed by atoms with Gasteiger partial charge in [-0.25, -0.2) is 13.2 Å². The number of nitrogens with one attached hydrogen (secondary N) is 1. The van der Waals surface area contributed by atoms with E-state index in [4.69, 9.17) is 0 Å². The fourth-order valence-electron chi connectivity index (χ4n) is 4.71. The highest BCUT2D eigenvalue weighted by atomic mass is 19.4. The van der Waals surface area contributed by atoms with E-state index in [9.17, 15) is 45.8 Å². The Morgan fingerprint density at radius 1 is 1.06 bits per heavy atom. The fourth-order valence-corrected chi connectivity index (χ4v) is 4.71. The third kappa shape index (κ3) is 4.58. The van der Waals surface area contributed by atoms with Crippen LogP contribution in [0.3, 0.4) is 0 Å². The Balaban J connectivity index is 1.70. The second kappa shape index (κ2) is 8.93. The number of benzene rings is 1. The van der Waals surface area contributed by atoms with Crippen molar-refractivity contribution in [2.45, 2.75) is 50.5 Å². The van der Waals surface area contributed by atoms with Crippen molar-refractivity contribution in [3.8, 4) is 5.75 Å². The van der Waals surface area contributed by atoms with E-state index in [1.54, 1.807) is 0 Å². The number of nitrogens with zero attached hydrogens (tertiary/aromatic N) is 2. The van der Waals surface area contributed by atoms with Crippen LogP contribution in [-0.4, -0.2) is 45.2 Å². The largest absolute Gasteiger partial charge is 0.503 e. The van der Waals surface area contributed by atoms with Crippen LogP contribution in [0, 0.1) is 17.5 Å². The lowest BCUT2D eigenvalue weighted by molar-refractivity contribution is -0.148. The van der Waals surface area contributed by atoms with Gasteiger partial charge in [0.05, 0.1) is 12.1 Å². The number of carbonyl (C=O) groups excluding carboxylic acids is 2. The molecule has 2 heterocycles. The summed E-state index contributed by atoms with van der Waals surface area (Å²) >= 11 is 0. The summed E-state index contributed by atoms with van der Waals surface area (Å²) in [4.78, 5) is 38.8. The molecule has 1 aromatic heterocycles. The Morgan fingerprint density at radius 2 is 1.66 bits per heavy atom.